The molecule has 7 nitrogen and oxygen atoms in total. The van der Waals surface area contributed by atoms with E-state index in [1.54, 1.807) is 23.2 Å². The molecule has 8 heteroatoms. The van der Waals surface area contributed by atoms with Crippen LogP contribution in [0.3, 0.4) is 0 Å². The molecule has 2 saturated heterocycles. The molecule has 0 aromatic carbocycles. The van der Waals surface area contributed by atoms with E-state index in [-0.39, 0.29) is 4.90 Å². The molecule has 1 aromatic rings. The van der Waals surface area contributed by atoms with Crippen molar-refractivity contribution < 1.29 is 18.3 Å². The van der Waals surface area contributed by atoms with Crippen molar-refractivity contribution >= 4 is 21.8 Å². The monoisotopic (exact) mass is 353 g/mol. The SMILES string of the molecule is O=C(O)C1CCCN(c2ncccc2S(=O)(=O)N2CCCCC2)C1. The summed E-state index contributed by atoms with van der Waals surface area (Å²) in [6.45, 7) is 2.00. The van der Waals surface area contributed by atoms with Gasteiger partial charge in [-0.2, -0.15) is 4.31 Å². The molecule has 1 N–H and O–H groups in total. The number of aromatic nitrogens is 1. The van der Waals surface area contributed by atoms with E-state index in [4.69, 9.17) is 0 Å². The lowest BCUT2D eigenvalue weighted by Gasteiger charge is -2.33. The molecule has 1 unspecified atom stereocenters. The minimum atomic E-state index is -3.60. The van der Waals surface area contributed by atoms with Crippen LogP contribution in [0.5, 0.6) is 0 Å². The normalized spacial score (nSPS) is 23.2. The third-order valence-electron chi connectivity index (χ3n) is 4.75. The number of aliphatic carboxylic acids is 1. The standard InChI is InChI=1S/C16H23N3O4S/c20-16(21)13-6-5-9-18(12-13)15-14(7-4-8-17-15)24(22,23)19-10-2-1-3-11-19/h4,7-8,13H,1-3,5-6,9-12H2,(H,20,21). The molecule has 0 aliphatic carbocycles. The third-order valence-corrected chi connectivity index (χ3v) is 6.67. The second-order valence-electron chi connectivity index (χ2n) is 6.41. The van der Waals surface area contributed by atoms with Crippen LogP contribution in [0.1, 0.15) is 32.1 Å². The number of piperidine rings is 2. The van der Waals surface area contributed by atoms with Crippen molar-refractivity contribution in [3.05, 3.63) is 18.3 Å². The Morgan fingerprint density at radius 2 is 1.92 bits per heavy atom. The van der Waals surface area contributed by atoms with E-state index in [1.165, 1.54) is 4.31 Å². The topological polar surface area (TPSA) is 90.8 Å². The Morgan fingerprint density at radius 1 is 1.17 bits per heavy atom. The number of hydrogen-bond donors (Lipinski definition) is 1. The number of sulfonamides is 1. The molecule has 24 heavy (non-hydrogen) atoms. The average molecular weight is 353 g/mol. The Morgan fingerprint density at radius 3 is 2.62 bits per heavy atom. The Balaban J connectivity index is 1.91. The maximum absolute atomic E-state index is 13.0. The number of carbonyl (C=O) groups is 1. The van der Waals surface area contributed by atoms with Gasteiger partial charge in [0.2, 0.25) is 10.0 Å². The maximum Gasteiger partial charge on any atom is 0.308 e. The summed E-state index contributed by atoms with van der Waals surface area (Å²) >= 11 is 0. The van der Waals surface area contributed by atoms with Gasteiger partial charge in [-0.3, -0.25) is 4.79 Å². The highest BCUT2D eigenvalue weighted by atomic mass is 32.2. The van der Waals surface area contributed by atoms with Crippen LogP contribution >= 0.6 is 0 Å². The third kappa shape index (κ3) is 3.39. The van der Waals surface area contributed by atoms with Gasteiger partial charge in [0.25, 0.3) is 0 Å². The molecule has 3 rings (SSSR count). The molecule has 132 valence electrons. The molecule has 0 radical (unpaired) electrons. The Kier molecular flexibility index (Phi) is 5.05. The van der Waals surface area contributed by atoms with Crippen molar-refractivity contribution in [2.24, 2.45) is 5.92 Å². The van der Waals surface area contributed by atoms with Crippen LogP contribution in [-0.4, -0.2) is 55.0 Å². The van der Waals surface area contributed by atoms with Gasteiger partial charge < -0.3 is 10.0 Å². The first-order valence-electron chi connectivity index (χ1n) is 8.43. The number of anilines is 1. The number of carboxylic acids is 1. The van der Waals surface area contributed by atoms with E-state index in [0.29, 0.717) is 38.4 Å². The van der Waals surface area contributed by atoms with Crippen LogP contribution in [0.4, 0.5) is 5.82 Å². The first kappa shape index (κ1) is 17.2. The number of nitrogens with zero attached hydrogens (tertiary/aromatic N) is 3. The van der Waals surface area contributed by atoms with E-state index in [1.807, 2.05) is 0 Å². The molecule has 1 aromatic heterocycles. The fraction of sp³-hybridized carbons (Fsp3) is 0.625. The molecule has 0 spiro atoms. The van der Waals surface area contributed by atoms with Gasteiger partial charge in [0, 0.05) is 32.4 Å². The summed E-state index contributed by atoms with van der Waals surface area (Å²) < 4.78 is 27.5. The molecule has 3 heterocycles. The predicted octanol–water partition coefficient (Wildman–Crippen LogP) is 1.56. The van der Waals surface area contributed by atoms with E-state index in [9.17, 15) is 18.3 Å². The van der Waals surface area contributed by atoms with Crippen molar-refractivity contribution in [1.82, 2.24) is 9.29 Å². The Bertz CT molecular complexity index is 701. The zero-order valence-corrected chi connectivity index (χ0v) is 14.4. The van der Waals surface area contributed by atoms with E-state index < -0.39 is 21.9 Å². The molecule has 0 bridgehead atoms. The maximum atomic E-state index is 13.0. The van der Waals surface area contributed by atoms with E-state index in [0.717, 1.165) is 25.7 Å². The van der Waals surface area contributed by atoms with Crippen LogP contribution in [0.15, 0.2) is 23.2 Å². The van der Waals surface area contributed by atoms with Crippen LogP contribution in [0.2, 0.25) is 0 Å². The fourth-order valence-corrected chi connectivity index (χ4v) is 5.12. The van der Waals surface area contributed by atoms with Gasteiger partial charge in [0.05, 0.1) is 5.92 Å². The average Bonchev–Trinajstić information content (AvgIpc) is 2.62. The highest BCUT2D eigenvalue weighted by Gasteiger charge is 2.33. The molecule has 1 atom stereocenters. The highest BCUT2D eigenvalue weighted by Crippen LogP contribution is 2.30. The Labute approximate surface area is 142 Å². The van der Waals surface area contributed by atoms with E-state index >= 15 is 0 Å². The molecular weight excluding hydrogens is 330 g/mol. The molecule has 2 aliphatic rings. The van der Waals surface area contributed by atoms with Crippen molar-refractivity contribution in [2.75, 3.05) is 31.1 Å². The van der Waals surface area contributed by atoms with Gasteiger partial charge in [-0.15, -0.1) is 0 Å². The summed E-state index contributed by atoms with van der Waals surface area (Å²) in [5.41, 5.74) is 0. The van der Waals surface area contributed by atoms with Crippen LogP contribution < -0.4 is 4.90 Å². The summed E-state index contributed by atoms with van der Waals surface area (Å²) in [4.78, 5) is 17.6. The predicted molar refractivity (Wildman–Crippen MR) is 89.4 cm³/mol. The minimum Gasteiger partial charge on any atom is -0.481 e. The number of carboxylic acid groups (broad SMARTS) is 1. The van der Waals surface area contributed by atoms with Crippen LogP contribution in [0, 0.1) is 5.92 Å². The summed E-state index contributed by atoms with van der Waals surface area (Å²) in [6.07, 6.45) is 5.70. The van der Waals surface area contributed by atoms with Crippen molar-refractivity contribution in [3.8, 4) is 0 Å². The smallest absolute Gasteiger partial charge is 0.308 e. The van der Waals surface area contributed by atoms with Crippen LogP contribution in [0.25, 0.3) is 0 Å². The van der Waals surface area contributed by atoms with Crippen LogP contribution in [-0.2, 0) is 14.8 Å². The van der Waals surface area contributed by atoms with Gasteiger partial charge in [-0.25, -0.2) is 13.4 Å². The quantitative estimate of drug-likeness (QED) is 0.883. The zero-order chi connectivity index (χ0) is 17.2. The summed E-state index contributed by atoms with van der Waals surface area (Å²) in [6, 6.07) is 3.20. The molecular formula is C16H23N3O4S. The van der Waals surface area contributed by atoms with Gasteiger partial charge in [0.1, 0.15) is 10.7 Å². The first-order chi connectivity index (χ1) is 11.5. The molecule has 2 fully saturated rings. The lowest BCUT2D eigenvalue weighted by atomic mass is 9.98. The molecule has 0 amide bonds. The van der Waals surface area contributed by atoms with Gasteiger partial charge in [-0.1, -0.05) is 6.42 Å². The Hall–Kier alpha value is -1.67. The second kappa shape index (κ2) is 7.06. The van der Waals surface area contributed by atoms with E-state index in [2.05, 4.69) is 4.98 Å². The molecule has 0 saturated carbocycles. The largest absolute Gasteiger partial charge is 0.481 e. The summed E-state index contributed by atoms with van der Waals surface area (Å²) in [7, 11) is -3.60. The highest BCUT2D eigenvalue weighted by molar-refractivity contribution is 7.89. The molecule has 2 aliphatic heterocycles. The summed E-state index contributed by atoms with van der Waals surface area (Å²) in [5.74, 6) is -0.934. The summed E-state index contributed by atoms with van der Waals surface area (Å²) in [5, 5.41) is 9.26. The zero-order valence-electron chi connectivity index (χ0n) is 13.6. The minimum absolute atomic E-state index is 0.193. The van der Waals surface area contributed by atoms with Gasteiger partial charge in [-0.05, 0) is 37.8 Å². The fourth-order valence-electron chi connectivity index (χ4n) is 3.44. The number of pyridine rings is 1. The van der Waals surface area contributed by atoms with Gasteiger partial charge in [0.15, 0.2) is 0 Å². The van der Waals surface area contributed by atoms with Crippen molar-refractivity contribution in [2.45, 2.75) is 37.0 Å². The second-order valence-corrected chi connectivity index (χ2v) is 8.32. The number of rotatable bonds is 4. The lowest BCUT2D eigenvalue weighted by molar-refractivity contribution is -0.141. The number of hydrogen-bond acceptors (Lipinski definition) is 5. The lowest BCUT2D eigenvalue weighted by Crippen LogP contribution is -2.41. The van der Waals surface area contributed by atoms with Crippen molar-refractivity contribution in [3.63, 3.8) is 0 Å². The first-order valence-corrected chi connectivity index (χ1v) is 9.87. The van der Waals surface area contributed by atoms with Gasteiger partial charge >= 0.3 is 5.97 Å². The van der Waals surface area contributed by atoms with Crippen molar-refractivity contribution in [1.29, 1.82) is 0 Å².